The molecule has 4 nitrogen and oxygen atoms in total. The topological polar surface area (TPSA) is 63.4 Å². The van der Waals surface area contributed by atoms with Gasteiger partial charge >= 0.3 is 0 Å². The molecule has 0 saturated heterocycles. The van der Waals surface area contributed by atoms with Gasteiger partial charge in [-0.15, -0.1) is 11.3 Å². The molecular weight excluding hydrogens is 244 g/mol. The van der Waals surface area contributed by atoms with E-state index < -0.39 is 10.0 Å². The van der Waals surface area contributed by atoms with Crippen molar-refractivity contribution in [2.24, 2.45) is 5.73 Å². The standard InChI is InChI=1S/C10H16N2O2S2/c1-7-5-10(15-9(7)6-11)16(13,14)12(2)8-3-4-8/h5,8H,3-4,6,11H2,1-2H3. The summed E-state index contributed by atoms with van der Waals surface area (Å²) < 4.78 is 26.3. The molecule has 1 aromatic rings. The highest BCUT2D eigenvalue weighted by molar-refractivity contribution is 7.91. The van der Waals surface area contributed by atoms with Gasteiger partial charge in [0.15, 0.2) is 0 Å². The minimum Gasteiger partial charge on any atom is -0.326 e. The normalized spacial score (nSPS) is 17.0. The van der Waals surface area contributed by atoms with Crippen LogP contribution in [-0.2, 0) is 16.6 Å². The van der Waals surface area contributed by atoms with Crippen LogP contribution in [0.4, 0.5) is 0 Å². The molecule has 0 atom stereocenters. The van der Waals surface area contributed by atoms with E-state index >= 15 is 0 Å². The van der Waals surface area contributed by atoms with Crippen LogP contribution >= 0.6 is 11.3 Å². The van der Waals surface area contributed by atoms with Gasteiger partial charge in [0.25, 0.3) is 10.0 Å². The van der Waals surface area contributed by atoms with E-state index in [0.29, 0.717) is 10.8 Å². The van der Waals surface area contributed by atoms with E-state index in [0.717, 1.165) is 23.3 Å². The Hall–Kier alpha value is -0.430. The van der Waals surface area contributed by atoms with Crippen LogP contribution in [0.3, 0.4) is 0 Å². The van der Waals surface area contributed by atoms with Crippen LogP contribution in [0.15, 0.2) is 10.3 Å². The number of hydrogen-bond donors (Lipinski definition) is 1. The Morgan fingerprint density at radius 3 is 2.62 bits per heavy atom. The molecular formula is C10H16N2O2S2. The molecule has 0 bridgehead atoms. The average Bonchev–Trinajstić information content (AvgIpc) is 3.00. The second kappa shape index (κ2) is 4.10. The van der Waals surface area contributed by atoms with Gasteiger partial charge in [0, 0.05) is 24.5 Å². The van der Waals surface area contributed by atoms with Crippen molar-refractivity contribution in [3.63, 3.8) is 0 Å². The third-order valence-electron chi connectivity index (χ3n) is 2.88. The molecule has 1 heterocycles. The van der Waals surface area contributed by atoms with Crippen molar-refractivity contribution >= 4 is 21.4 Å². The van der Waals surface area contributed by atoms with E-state index in [1.54, 1.807) is 13.1 Å². The first kappa shape index (κ1) is 12.0. The summed E-state index contributed by atoms with van der Waals surface area (Å²) in [6.07, 6.45) is 1.95. The first-order valence-electron chi connectivity index (χ1n) is 5.24. The zero-order chi connectivity index (χ0) is 11.9. The van der Waals surface area contributed by atoms with Crippen LogP contribution < -0.4 is 5.73 Å². The Morgan fingerprint density at radius 2 is 2.19 bits per heavy atom. The molecule has 2 N–H and O–H groups in total. The lowest BCUT2D eigenvalue weighted by Crippen LogP contribution is -2.28. The number of hydrogen-bond acceptors (Lipinski definition) is 4. The van der Waals surface area contributed by atoms with Crippen molar-refractivity contribution in [1.82, 2.24) is 4.31 Å². The number of nitrogens with two attached hydrogens (primary N) is 1. The third-order valence-corrected chi connectivity index (χ3v) is 6.50. The molecule has 1 fully saturated rings. The van der Waals surface area contributed by atoms with Crippen molar-refractivity contribution < 1.29 is 8.42 Å². The summed E-state index contributed by atoms with van der Waals surface area (Å²) in [7, 11) is -1.63. The van der Waals surface area contributed by atoms with Gasteiger partial charge < -0.3 is 5.73 Å². The van der Waals surface area contributed by atoms with E-state index in [9.17, 15) is 8.42 Å². The molecule has 1 saturated carbocycles. The van der Waals surface area contributed by atoms with Gasteiger partial charge in [-0.05, 0) is 31.4 Å². The quantitative estimate of drug-likeness (QED) is 0.887. The van der Waals surface area contributed by atoms with E-state index in [4.69, 9.17) is 5.73 Å². The predicted octanol–water partition coefficient (Wildman–Crippen LogP) is 1.30. The summed E-state index contributed by atoms with van der Waals surface area (Å²) in [6, 6.07) is 1.93. The summed E-state index contributed by atoms with van der Waals surface area (Å²) in [4.78, 5) is 0.947. The van der Waals surface area contributed by atoms with Crippen LogP contribution in [0.1, 0.15) is 23.3 Å². The Morgan fingerprint density at radius 1 is 1.56 bits per heavy atom. The van der Waals surface area contributed by atoms with Gasteiger partial charge in [0.2, 0.25) is 0 Å². The third kappa shape index (κ3) is 2.02. The molecule has 2 rings (SSSR count). The highest BCUT2D eigenvalue weighted by atomic mass is 32.2. The largest absolute Gasteiger partial charge is 0.326 e. The van der Waals surface area contributed by atoms with Crippen molar-refractivity contribution in [2.45, 2.75) is 36.6 Å². The molecule has 0 aromatic carbocycles. The van der Waals surface area contributed by atoms with Crippen LogP contribution in [0.25, 0.3) is 0 Å². The van der Waals surface area contributed by atoms with Gasteiger partial charge in [-0.1, -0.05) is 0 Å². The molecule has 1 aromatic heterocycles. The van der Waals surface area contributed by atoms with Crippen molar-refractivity contribution in [3.8, 4) is 0 Å². The van der Waals surface area contributed by atoms with Crippen molar-refractivity contribution in [1.29, 1.82) is 0 Å². The number of aryl methyl sites for hydroxylation is 1. The highest BCUT2D eigenvalue weighted by Crippen LogP contribution is 2.34. The molecule has 1 aliphatic carbocycles. The van der Waals surface area contributed by atoms with E-state index in [2.05, 4.69) is 0 Å². The van der Waals surface area contributed by atoms with Gasteiger partial charge in [0.1, 0.15) is 4.21 Å². The molecule has 0 unspecified atom stereocenters. The predicted molar refractivity (Wildman–Crippen MR) is 64.9 cm³/mol. The lowest BCUT2D eigenvalue weighted by atomic mass is 10.3. The van der Waals surface area contributed by atoms with Crippen molar-refractivity contribution in [2.75, 3.05) is 7.05 Å². The SMILES string of the molecule is Cc1cc(S(=O)(=O)N(C)C2CC2)sc1CN. The minimum absolute atomic E-state index is 0.203. The summed E-state index contributed by atoms with van der Waals surface area (Å²) in [5.74, 6) is 0. The molecule has 1 aliphatic rings. The van der Waals surface area contributed by atoms with Crippen molar-refractivity contribution in [3.05, 3.63) is 16.5 Å². The van der Waals surface area contributed by atoms with E-state index in [-0.39, 0.29) is 6.04 Å². The summed E-state index contributed by atoms with van der Waals surface area (Å²) >= 11 is 1.29. The van der Waals surface area contributed by atoms with E-state index in [1.165, 1.54) is 15.6 Å². The molecule has 90 valence electrons. The molecule has 0 spiro atoms. The second-order valence-electron chi connectivity index (χ2n) is 4.13. The summed E-state index contributed by atoms with van der Waals surface area (Å²) in [6.45, 7) is 2.30. The molecule has 0 amide bonds. The van der Waals surface area contributed by atoms with Crippen LogP contribution in [0.2, 0.25) is 0 Å². The summed E-state index contributed by atoms with van der Waals surface area (Å²) in [5.41, 5.74) is 6.53. The molecule has 0 radical (unpaired) electrons. The smallest absolute Gasteiger partial charge is 0.252 e. The maximum Gasteiger partial charge on any atom is 0.252 e. The number of sulfonamides is 1. The molecule has 0 aliphatic heterocycles. The van der Waals surface area contributed by atoms with Gasteiger partial charge in [-0.2, -0.15) is 4.31 Å². The van der Waals surface area contributed by atoms with Gasteiger partial charge in [-0.3, -0.25) is 0 Å². The maximum atomic E-state index is 12.2. The maximum absolute atomic E-state index is 12.2. The average molecular weight is 260 g/mol. The van der Waals surface area contributed by atoms with Crippen LogP contribution in [-0.4, -0.2) is 25.8 Å². The van der Waals surface area contributed by atoms with Gasteiger partial charge in [0.05, 0.1) is 0 Å². The van der Waals surface area contributed by atoms with Gasteiger partial charge in [-0.25, -0.2) is 8.42 Å². The second-order valence-corrected chi connectivity index (χ2v) is 7.49. The Bertz CT molecular complexity index is 489. The Labute approximate surface area is 100 Å². The molecule has 16 heavy (non-hydrogen) atoms. The highest BCUT2D eigenvalue weighted by Gasteiger charge is 2.35. The first-order chi connectivity index (χ1) is 7.46. The first-order valence-corrected chi connectivity index (χ1v) is 7.50. The fraction of sp³-hybridized carbons (Fsp3) is 0.600. The zero-order valence-corrected chi connectivity index (χ0v) is 11.1. The lowest BCUT2D eigenvalue weighted by molar-refractivity contribution is 0.466. The Kier molecular flexibility index (Phi) is 3.09. The number of nitrogens with zero attached hydrogens (tertiary/aromatic N) is 1. The van der Waals surface area contributed by atoms with Crippen LogP contribution in [0.5, 0.6) is 0 Å². The Balaban J connectivity index is 2.34. The monoisotopic (exact) mass is 260 g/mol. The molecule has 6 heteroatoms. The fourth-order valence-corrected chi connectivity index (χ4v) is 4.67. The van der Waals surface area contributed by atoms with Crippen LogP contribution in [0, 0.1) is 6.92 Å². The fourth-order valence-electron chi connectivity index (χ4n) is 1.59. The van der Waals surface area contributed by atoms with E-state index in [1.807, 2.05) is 6.92 Å². The zero-order valence-electron chi connectivity index (χ0n) is 9.43. The minimum atomic E-state index is -3.29. The number of rotatable bonds is 4. The summed E-state index contributed by atoms with van der Waals surface area (Å²) in [5, 5.41) is 0. The number of thiophene rings is 1. The lowest BCUT2D eigenvalue weighted by Gasteiger charge is -2.14.